The normalized spacial score (nSPS) is 10.5. The Bertz CT molecular complexity index is 590. The van der Waals surface area contributed by atoms with Crippen molar-refractivity contribution in [3.63, 3.8) is 0 Å². The van der Waals surface area contributed by atoms with E-state index < -0.39 is 0 Å². The number of nitrogens with zero attached hydrogens (tertiary/aromatic N) is 3. The minimum absolute atomic E-state index is 0.139. The van der Waals surface area contributed by atoms with Crippen molar-refractivity contribution in [3.8, 4) is 0 Å². The predicted octanol–water partition coefficient (Wildman–Crippen LogP) is 0.512. The summed E-state index contributed by atoms with van der Waals surface area (Å²) in [6.07, 6.45) is 3.49. The first-order valence-corrected chi connectivity index (χ1v) is 6.02. The van der Waals surface area contributed by atoms with Crippen molar-refractivity contribution < 1.29 is 4.79 Å². The van der Waals surface area contributed by atoms with Gasteiger partial charge in [-0.2, -0.15) is 5.10 Å². The van der Waals surface area contributed by atoms with Gasteiger partial charge in [0.1, 0.15) is 0 Å². The molecule has 100 valence electrons. The summed E-state index contributed by atoms with van der Waals surface area (Å²) in [6, 6.07) is 3.37. The van der Waals surface area contributed by atoms with Crippen LogP contribution in [-0.4, -0.2) is 20.7 Å². The summed E-state index contributed by atoms with van der Waals surface area (Å²) in [5, 5.41) is 7.09. The summed E-state index contributed by atoms with van der Waals surface area (Å²) >= 11 is 0. The molecule has 0 bridgehead atoms. The van der Waals surface area contributed by atoms with Crippen LogP contribution in [0, 0.1) is 6.92 Å². The molecule has 0 saturated carbocycles. The quantitative estimate of drug-likeness (QED) is 0.837. The summed E-state index contributed by atoms with van der Waals surface area (Å²) in [5.74, 6) is -0.139. The van der Waals surface area contributed by atoms with Gasteiger partial charge in [-0.15, -0.1) is 0 Å². The Morgan fingerprint density at radius 1 is 1.53 bits per heavy atom. The zero-order valence-corrected chi connectivity index (χ0v) is 11.1. The lowest BCUT2D eigenvalue weighted by molar-refractivity contribution is 0.0950. The second-order valence-corrected chi connectivity index (χ2v) is 4.34. The molecule has 0 atom stereocenters. The summed E-state index contributed by atoms with van der Waals surface area (Å²) in [4.78, 5) is 16.1. The molecule has 0 spiro atoms. The van der Waals surface area contributed by atoms with E-state index in [9.17, 15) is 4.79 Å². The van der Waals surface area contributed by atoms with Crippen molar-refractivity contribution in [3.05, 3.63) is 47.0 Å². The standard InChI is InChI=1S/C13H17N5O/c1-9-11(8-18(2)17-9)7-16-13(19)10-3-4-15-12(5-10)6-14/h3-5,8H,6-7,14H2,1-2H3,(H,16,19). The fraction of sp³-hybridized carbons (Fsp3) is 0.308. The third kappa shape index (κ3) is 3.17. The lowest BCUT2D eigenvalue weighted by atomic mass is 10.2. The van der Waals surface area contributed by atoms with E-state index in [2.05, 4.69) is 15.4 Å². The van der Waals surface area contributed by atoms with Gasteiger partial charge in [-0.3, -0.25) is 14.5 Å². The predicted molar refractivity (Wildman–Crippen MR) is 71.2 cm³/mol. The van der Waals surface area contributed by atoms with Crippen LogP contribution in [0.15, 0.2) is 24.5 Å². The Balaban J connectivity index is 2.03. The number of pyridine rings is 1. The first kappa shape index (κ1) is 13.2. The third-order valence-corrected chi connectivity index (χ3v) is 2.84. The molecule has 2 aromatic rings. The van der Waals surface area contributed by atoms with E-state index in [1.165, 1.54) is 0 Å². The summed E-state index contributed by atoms with van der Waals surface area (Å²) in [7, 11) is 1.86. The largest absolute Gasteiger partial charge is 0.348 e. The number of carbonyl (C=O) groups is 1. The molecule has 6 nitrogen and oxygen atoms in total. The van der Waals surface area contributed by atoms with Gasteiger partial charge in [-0.1, -0.05) is 0 Å². The number of nitrogens with two attached hydrogens (primary N) is 1. The number of hydrogen-bond donors (Lipinski definition) is 2. The highest BCUT2D eigenvalue weighted by Gasteiger charge is 2.08. The van der Waals surface area contributed by atoms with Gasteiger partial charge in [0.25, 0.3) is 5.91 Å². The number of hydrogen-bond acceptors (Lipinski definition) is 4. The topological polar surface area (TPSA) is 85.8 Å². The van der Waals surface area contributed by atoms with Gasteiger partial charge in [0, 0.05) is 43.7 Å². The molecule has 0 radical (unpaired) electrons. The van der Waals surface area contributed by atoms with Gasteiger partial charge in [0.05, 0.1) is 11.4 Å². The summed E-state index contributed by atoms with van der Waals surface area (Å²) in [5.41, 5.74) is 8.69. The first-order valence-electron chi connectivity index (χ1n) is 6.02. The molecule has 0 aromatic carbocycles. The van der Waals surface area contributed by atoms with Gasteiger partial charge >= 0.3 is 0 Å². The highest BCUT2D eigenvalue weighted by Crippen LogP contribution is 2.05. The van der Waals surface area contributed by atoms with Crippen LogP contribution < -0.4 is 11.1 Å². The van der Waals surface area contributed by atoms with E-state index >= 15 is 0 Å². The molecular formula is C13H17N5O. The van der Waals surface area contributed by atoms with Crippen LogP contribution in [0.3, 0.4) is 0 Å². The summed E-state index contributed by atoms with van der Waals surface area (Å²) in [6.45, 7) is 2.70. The maximum absolute atomic E-state index is 12.0. The number of aromatic nitrogens is 3. The van der Waals surface area contributed by atoms with E-state index in [1.54, 1.807) is 23.0 Å². The van der Waals surface area contributed by atoms with Gasteiger partial charge in [0.2, 0.25) is 0 Å². The monoisotopic (exact) mass is 259 g/mol. The first-order chi connectivity index (χ1) is 9.10. The lowest BCUT2D eigenvalue weighted by Crippen LogP contribution is -2.23. The van der Waals surface area contributed by atoms with E-state index in [0.717, 1.165) is 11.3 Å². The molecule has 3 N–H and O–H groups in total. The molecule has 0 aliphatic heterocycles. The van der Waals surface area contributed by atoms with Crippen LogP contribution in [-0.2, 0) is 20.1 Å². The van der Waals surface area contributed by atoms with E-state index in [-0.39, 0.29) is 5.91 Å². The Hall–Kier alpha value is -2.21. The highest BCUT2D eigenvalue weighted by molar-refractivity contribution is 5.94. The number of nitrogens with one attached hydrogen (secondary N) is 1. The van der Waals surface area contributed by atoms with Crippen LogP contribution in [0.25, 0.3) is 0 Å². The second kappa shape index (κ2) is 5.62. The number of rotatable bonds is 4. The van der Waals surface area contributed by atoms with Gasteiger partial charge in [-0.05, 0) is 19.1 Å². The fourth-order valence-corrected chi connectivity index (χ4v) is 1.83. The Morgan fingerprint density at radius 2 is 2.32 bits per heavy atom. The minimum Gasteiger partial charge on any atom is -0.348 e. The van der Waals surface area contributed by atoms with Crippen molar-refractivity contribution in [1.29, 1.82) is 0 Å². The molecule has 1 amide bonds. The average molecular weight is 259 g/mol. The number of amides is 1. The number of aryl methyl sites for hydroxylation is 2. The van der Waals surface area contributed by atoms with Crippen LogP contribution >= 0.6 is 0 Å². The molecule has 0 fully saturated rings. The third-order valence-electron chi connectivity index (χ3n) is 2.84. The molecular weight excluding hydrogens is 242 g/mol. The second-order valence-electron chi connectivity index (χ2n) is 4.34. The number of carbonyl (C=O) groups excluding carboxylic acids is 1. The lowest BCUT2D eigenvalue weighted by Gasteiger charge is -2.05. The van der Waals surface area contributed by atoms with Gasteiger partial charge < -0.3 is 11.1 Å². The molecule has 0 unspecified atom stereocenters. The highest BCUT2D eigenvalue weighted by atomic mass is 16.1. The molecule has 0 aliphatic carbocycles. The zero-order chi connectivity index (χ0) is 13.8. The van der Waals surface area contributed by atoms with Crippen molar-refractivity contribution in [2.75, 3.05) is 0 Å². The maximum Gasteiger partial charge on any atom is 0.251 e. The molecule has 6 heteroatoms. The van der Waals surface area contributed by atoms with Gasteiger partial charge in [0.15, 0.2) is 0 Å². The molecule has 2 heterocycles. The van der Waals surface area contributed by atoms with Crippen molar-refractivity contribution in [2.24, 2.45) is 12.8 Å². The molecule has 2 rings (SSSR count). The summed E-state index contributed by atoms with van der Waals surface area (Å²) < 4.78 is 1.73. The molecule has 19 heavy (non-hydrogen) atoms. The Labute approximate surface area is 111 Å². The Morgan fingerprint density at radius 3 is 2.95 bits per heavy atom. The average Bonchev–Trinajstić information content (AvgIpc) is 2.74. The van der Waals surface area contributed by atoms with Crippen LogP contribution in [0.4, 0.5) is 0 Å². The van der Waals surface area contributed by atoms with Crippen LogP contribution in [0.2, 0.25) is 0 Å². The molecule has 0 aliphatic rings. The van der Waals surface area contributed by atoms with Crippen LogP contribution in [0.5, 0.6) is 0 Å². The molecule has 0 saturated heterocycles. The SMILES string of the molecule is Cc1nn(C)cc1CNC(=O)c1ccnc(CN)c1. The fourth-order valence-electron chi connectivity index (χ4n) is 1.83. The van der Waals surface area contributed by atoms with Crippen molar-refractivity contribution in [1.82, 2.24) is 20.1 Å². The minimum atomic E-state index is -0.139. The smallest absolute Gasteiger partial charge is 0.251 e. The zero-order valence-electron chi connectivity index (χ0n) is 11.1. The maximum atomic E-state index is 12.0. The van der Waals surface area contributed by atoms with Crippen molar-refractivity contribution in [2.45, 2.75) is 20.0 Å². The Kier molecular flexibility index (Phi) is 3.91. The van der Waals surface area contributed by atoms with Crippen LogP contribution in [0.1, 0.15) is 27.3 Å². The van der Waals surface area contributed by atoms with E-state index in [1.807, 2.05) is 20.2 Å². The van der Waals surface area contributed by atoms with E-state index in [4.69, 9.17) is 5.73 Å². The van der Waals surface area contributed by atoms with Gasteiger partial charge in [-0.25, -0.2) is 0 Å². The van der Waals surface area contributed by atoms with E-state index in [0.29, 0.717) is 24.3 Å². The molecule has 2 aromatic heterocycles. The van der Waals surface area contributed by atoms with Crippen molar-refractivity contribution >= 4 is 5.91 Å².